The number of ether oxygens (including phenoxy) is 1. The molecule has 0 spiro atoms. The van der Waals surface area contributed by atoms with Crippen molar-refractivity contribution in [3.63, 3.8) is 0 Å². The van der Waals surface area contributed by atoms with E-state index < -0.39 is 0 Å². The van der Waals surface area contributed by atoms with Gasteiger partial charge >= 0.3 is 0 Å². The van der Waals surface area contributed by atoms with E-state index in [0.717, 1.165) is 10.0 Å². The number of halogens is 1. The van der Waals surface area contributed by atoms with E-state index in [1.165, 1.54) is 0 Å². The summed E-state index contributed by atoms with van der Waals surface area (Å²) in [5.74, 6) is -0.0919. The molecular formula is C13H18BrNO2. The first-order valence-corrected chi connectivity index (χ1v) is 6.24. The lowest BCUT2D eigenvalue weighted by Crippen LogP contribution is -2.39. The number of aryl methyl sites for hydroxylation is 1. The van der Waals surface area contributed by atoms with Crippen LogP contribution >= 0.6 is 15.9 Å². The van der Waals surface area contributed by atoms with E-state index >= 15 is 0 Å². The van der Waals surface area contributed by atoms with Crippen LogP contribution in [0.4, 0.5) is 0 Å². The second-order valence-corrected chi connectivity index (χ2v) is 5.48. The molecule has 17 heavy (non-hydrogen) atoms. The van der Waals surface area contributed by atoms with Crippen LogP contribution in [-0.2, 0) is 4.74 Å². The van der Waals surface area contributed by atoms with Crippen LogP contribution in [0.25, 0.3) is 0 Å². The average molecular weight is 300 g/mol. The molecule has 1 amide bonds. The van der Waals surface area contributed by atoms with Crippen LogP contribution in [-0.4, -0.2) is 25.2 Å². The Hall–Kier alpha value is -0.870. The van der Waals surface area contributed by atoms with Gasteiger partial charge in [0.2, 0.25) is 0 Å². The molecule has 0 aliphatic heterocycles. The number of carbonyl (C=O) groups excluding carboxylic acids is 1. The minimum atomic E-state index is -0.355. The predicted octanol–water partition coefficient (Wildman–Crippen LogP) is 2.91. The predicted molar refractivity (Wildman–Crippen MR) is 72.3 cm³/mol. The van der Waals surface area contributed by atoms with Crippen LogP contribution in [0.1, 0.15) is 29.8 Å². The van der Waals surface area contributed by atoms with Crippen molar-refractivity contribution in [2.75, 3.05) is 13.7 Å². The highest BCUT2D eigenvalue weighted by atomic mass is 79.9. The van der Waals surface area contributed by atoms with Crippen molar-refractivity contribution >= 4 is 21.8 Å². The Morgan fingerprint density at radius 1 is 1.47 bits per heavy atom. The molecule has 0 aliphatic carbocycles. The summed E-state index contributed by atoms with van der Waals surface area (Å²) in [4.78, 5) is 12.0. The monoisotopic (exact) mass is 299 g/mol. The minimum Gasteiger partial charge on any atom is -0.377 e. The van der Waals surface area contributed by atoms with Crippen LogP contribution in [0, 0.1) is 6.92 Å². The van der Waals surface area contributed by atoms with E-state index in [9.17, 15) is 4.79 Å². The molecule has 94 valence electrons. The van der Waals surface area contributed by atoms with Crippen molar-refractivity contribution in [3.05, 3.63) is 33.8 Å². The first-order valence-electron chi connectivity index (χ1n) is 5.45. The molecular weight excluding hydrogens is 282 g/mol. The lowest BCUT2D eigenvalue weighted by Gasteiger charge is -2.23. The van der Waals surface area contributed by atoms with Gasteiger partial charge in [-0.3, -0.25) is 4.79 Å². The first-order chi connectivity index (χ1) is 7.85. The third-order valence-electron chi connectivity index (χ3n) is 2.59. The summed E-state index contributed by atoms with van der Waals surface area (Å²) in [6.45, 7) is 6.29. The molecule has 0 unspecified atom stereocenters. The van der Waals surface area contributed by atoms with Crippen LogP contribution in [0.5, 0.6) is 0 Å². The fourth-order valence-electron chi connectivity index (χ4n) is 1.27. The lowest BCUT2D eigenvalue weighted by molar-refractivity contribution is 0.0228. The molecule has 1 aromatic carbocycles. The average Bonchev–Trinajstić information content (AvgIpc) is 2.29. The van der Waals surface area contributed by atoms with E-state index in [1.807, 2.05) is 39.0 Å². The number of carbonyl (C=O) groups is 1. The maximum atomic E-state index is 12.0. The zero-order valence-electron chi connectivity index (χ0n) is 10.6. The van der Waals surface area contributed by atoms with Crippen molar-refractivity contribution in [3.8, 4) is 0 Å². The molecule has 3 nitrogen and oxygen atoms in total. The highest BCUT2D eigenvalue weighted by Crippen LogP contribution is 2.18. The van der Waals surface area contributed by atoms with Crippen molar-refractivity contribution in [1.29, 1.82) is 0 Å². The van der Waals surface area contributed by atoms with Crippen LogP contribution < -0.4 is 5.32 Å². The highest BCUT2D eigenvalue weighted by molar-refractivity contribution is 9.10. The summed E-state index contributed by atoms with van der Waals surface area (Å²) < 4.78 is 6.05. The molecule has 0 radical (unpaired) electrons. The first kappa shape index (κ1) is 14.2. The second-order valence-electron chi connectivity index (χ2n) is 4.63. The highest BCUT2D eigenvalue weighted by Gasteiger charge is 2.18. The molecule has 0 heterocycles. The summed E-state index contributed by atoms with van der Waals surface area (Å²) in [5.41, 5.74) is 1.35. The Morgan fingerprint density at radius 3 is 2.71 bits per heavy atom. The Morgan fingerprint density at radius 2 is 2.12 bits per heavy atom. The van der Waals surface area contributed by atoms with Crippen LogP contribution in [0.15, 0.2) is 22.7 Å². The Labute approximate surface area is 111 Å². The summed E-state index contributed by atoms with van der Waals surface area (Å²) in [6.07, 6.45) is 0. The van der Waals surface area contributed by atoms with Gasteiger partial charge in [-0.1, -0.05) is 11.6 Å². The van der Waals surface area contributed by atoms with Crippen molar-refractivity contribution in [2.24, 2.45) is 0 Å². The largest absolute Gasteiger partial charge is 0.377 e. The molecule has 1 aromatic rings. The number of nitrogens with one attached hydrogen (secondary N) is 1. The quantitative estimate of drug-likeness (QED) is 0.928. The molecule has 0 atom stereocenters. The van der Waals surface area contributed by atoms with Gasteiger partial charge in [0, 0.05) is 18.1 Å². The van der Waals surface area contributed by atoms with Crippen molar-refractivity contribution in [1.82, 2.24) is 5.32 Å². The maximum absolute atomic E-state index is 12.0. The molecule has 0 bridgehead atoms. The summed E-state index contributed by atoms with van der Waals surface area (Å²) in [7, 11) is 1.63. The fraction of sp³-hybridized carbons (Fsp3) is 0.462. The van der Waals surface area contributed by atoms with Gasteiger partial charge in [-0.15, -0.1) is 0 Å². The fourth-order valence-corrected chi connectivity index (χ4v) is 1.70. The number of benzene rings is 1. The molecule has 0 saturated carbocycles. The number of hydrogen-bond acceptors (Lipinski definition) is 2. The number of rotatable bonds is 4. The summed E-state index contributed by atoms with van der Waals surface area (Å²) >= 11 is 3.38. The van der Waals surface area contributed by atoms with Gasteiger partial charge < -0.3 is 10.1 Å². The van der Waals surface area contributed by atoms with Gasteiger partial charge in [0.1, 0.15) is 0 Å². The smallest absolute Gasteiger partial charge is 0.252 e. The van der Waals surface area contributed by atoms with E-state index in [2.05, 4.69) is 21.2 Å². The summed E-state index contributed by atoms with van der Waals surface area (Å²) in [5, 5.41) is 2.86. The van der Waals surface area contributed by atoms with Crippen LogP contribution in [0.3, 0.4) is 0 Å². The SMILES string of the molecule is COC(C)(C)CNC(=O)c1cc(C)ccc1Br. The van der Waals surface area contributed by atoms with E-state index in [-0.39, 0.29) is 11.5 Å². The van der Waals surface area contributed by atoms with Gasteiger partial charge in [-0.25, -0.2) is 0 Å². The molecule has 0 aromatic heterocycles. The van der Waals surface area contributed by atoms with E-state index in [1.54, 1.807) is 7.11 Å². The van der Waals surface area contributed by atoms with E-state index in [4.69, 9.17) is 4.74 Å². The zero-order chi connectivity index (χ0) is 13.1. The third kappa shape index (κ3) is 4.13. The number of hydrogen-bond donors (Lipinski definition) is 1. The molecule has 4 heteroatoms. The van der Waals surface area contributed by atoms with Crippen molar-refractivity contribution < 1.29 is 9.53 Å². The van der Waals surface area contributed by atoms with Gasteiger partial charge in [0.25, 0.3) is 5.91 Å². The van der Waals surface area contributed by atoms with E-state index in [0.29, 0.717) is 12.1 Å². The zero-order valence-corrected chi connectivity index (χ0v) is 12.2. The molecule has 0 fully saturated rings. The third-order valence-corrected chi connectivity index (χ3v) is 3.29. The van der Waals surface area contributed by atoms with Gasteiger partial charge in [-0.2, -0.15) is 0 Å². The van der Waals surface area contributed by atoms with Crippen molar-refractivity contribution in [2.45, 2.75) is 26.4 Å². The standard InChI is InChI=1S/C13H18BrNO2/c1-9-5-6-11(14)10(7-9)12(16)15-8-13(2,3)17-4/h5-7H,8H2,1-4H3,(H,15,16). The minimum absolute atomic E-state index is 0.0919. The normalized spacial score (nSPS) is 11.4. The summed E-state index contributed by atoms with van der Waals surface area (Å²) in [6, 6.07) is 5.70. The Kier molecular flexibility index (Phi) is 4.71. The Bertz CT molecular complexity index is 416. The lowest BCUT2D eigenvalue weighted by atomic mass is 10.1. The van der Waals surface area contributed by atoms with Gasteiger partial charge in [-0.05, 0) is 48.8 Å². The maximum Gasteiger partial charge on any atom is 0.252 e. The molecule has 0 saturated heterocycles. The van der Waals surface area contributed by atoms with Gasteiger partial charge in [0.15, 0.2) is 0 Å². The Balaban J connectivity index is 2.74. The molecule has 1 N–H and O–H groups in total. The number of amides is 1. The molecule has 1 rings (SSSR count). The second kappa shape index (κ2) is 5.65. The van der Waals surface area contributed by atoms with Gasteiger partial charge in [0.05, 0.1) is 11.2 Å². The molecule has 0 aliphatic rings. The number of methoxy groups -OCH3 is 1. The topological polar surface area (TPSA) is 38.3 Å². The van der Waals surface area contributed by atoms with Crippen LogP contribution in [0.2, 0.25) is 0 Å².